The number of benzene rings is 3. The zero-order valence-electron chi connectivity index (χ0n) is 27.4. The highest BCUT2D eigenvalue weighted by atomic mass is 19.2. The quantitative estimate of drug-likeness (QED) is 0.0934. The average molecular weight is 672 g/mol. The SMILES string of the molecule is CCNC(=O)[C@@H](NC(=O)[C@H](C)NC[C@H](Cc1ccccc1)NC(=O)c1c(F)c(F)c(F)c(C(=O)N[C@H](C)c2ccccc2)c1F)C(C)C. The molecule has 0 spiro atoms. The Morgan fingerprint density at radius 2 is 1.21 bits per heavy atom. The van der Waals surface area contributed by atoms with Gasteiger partial charge in [0.25, 0.3) is 11.8 Å². The van der Waals surface area contributed by atoms with Crippen LogP contribution in [0.3, 0.4) is 0 Å². The first-order chi connectivity index (χ1) is 22.8. The molecule has 0 unspecified atom stereocenters. The Morgan fingerprint density at radius 1 is 0.667 bits per heavy atom. The molecular weight excluding hydrogens is 630 g/mol. The second-order valence-electron chi connectivity index (χ2n) is 11.7. The number of carbonyl (C=O) groups is 4. The standard InChI is InChI=1S/C35H41F4N5O4/c1-6-40-35(48)31(19(2)3)44-32(45)21(5)41-18-24(17-22-13-9-7-10-14-22)43-34(47)26-27(36)25(28(37)30(39)29(26)38)33(46)42-20(4)23-15-11-8-12-16-23/h7-16,19-21,24,31,41H,6,17-18H2,1-5H3,(H,40,48)(H,42,46)(H,43,47)(H,44,45)/t20-,21+,24+,31+/m1/s1. The molecule has 0 saturated carbocycles. The van der Waals surface area contributed by atoms with Crippen molar-refractivity contribution in [3.05, 3.63) is 106 Å². The molecule has 0 aliphatic heterocycles. The Labute approximate surface area is 277 Å². The molecule has 0 aliphatic carbocycles. The number of amides is 4. The fourth-order valence-corrected chi connectivity index (χ4v) is 4.97. The first kappa shape index (κ1) is 37.7. The van der Waals surface area contributed by atoms with E-state index in [1.807, 2.05) is 0 Å². The summed E-state index contributed by atoms with van der Waals surface area (Å²) in [6.45, 7) is 8.63. The van der Waals surface area contributed by atoms with E-state index in [-0.39, 0.29) is 24.8 Å². The molecule has 0 bridgehead atoms. The van der Waals surface area contributed by atoms with Crippen molar-refractivity contribution in [2.75, 3.05) is 13.1 Å². The molecular formula is C35H41F4N5O4. The Balaban J connectivity index is 1.84. The molecule has 258 valence electrons. The summed E-state index contributed by atoms with van der Waals surface area (Å²) in [6, 6.07) is 13.7. The summed E-state index contributed by atoms with van der Waals surface area (Å²) in [5, 5.41) is 13.1. The largest absolute Gasteiger partial charge is 0.355 e. The van der Waals surface area contributed by atoms with Crippen molar-refractivity contribution in [3.63, 3.8) is 0 Å². The van der Waals surface area contributed by atoms with Gasteiger partial charge in [0.15, 0.2) is 23.3 Å². The molecule has 13 heteroatoms. The fraction of sp³-hybridized carbons (Fsp3) is 0.371. The number of rotatable bonds is 15. The van der Waals surface area contributed by atoms with Gasteiger partial charge in [-0.3, -0.25) is 19.2 Å². The van der Waals surface area contributed by atoms with E-state index >= 15 is 4.39 Å². The predicted octanol–water partition coefficient (Wildman–Crippen LogP) is 4.33. The van der Waals surface area contributed by atoms with Gasteiger partial charge in [-0.15, -0.1) is 0 Å². The minimum absolute atomic E-state index is 0.107. The van der Waals surface area contributed by atoms with Gasteiger partial charge in [-0.1, -0.05) is 74.5 Å². The number of halogens is 4. The maximum Gasteiger partial charge on any atom is 0.257 e. The number of hydrogen-bond donors (Lipinski definition) is 5. The second-order valence-corrected chi connectivity index (χ2v) is 11.7. The van der Waals surface area contributed by atoms with E-state index in [4.69, 9.17) is 0 Å². The summed E-state index contributed by atoms with van der Waals surface area (Å²) >= 11 is 0. The number of carbonyl (C=O) groups excluding carboxylic acids is 4. The summed E-state index contributed by atoms with van der Waals surface area (Å²) in [4.78, 5) is 51.6. The molecule has 0 aromatic heterocycles. The Kier molecular flexibility index (Phi) is 13.7. The van der Waals surface area contributed by atoms with Crippen LogP contribution in [-0.2, 0) is 16.0 Å². The Bertz CT molecular complexity index is 1590. The van der Waals surface area contributed by atoms with Crippen LogP contribution >= 0.6 is 0 Å². The molecule has 0 aliphatic rings. The summed E-state index contributed by atoms with van der Waals surface area (Å²) in [5.74, 6) is -12.1. The van der Waals surface area contributed by atoms with Crippen molar-refractivity contribution in [1.29, 1.82) is 0 Å². The molecule has 3 aromatic rings. The lowest BCUT2D eigenvalue weighted by molar-refractivity contribution is -0.130. The zero-order valence-corrected chi connectivity index (χ0v) is 27.4. The summed E-state index contributed by atoms with van der Waals surface area (Å²) in [6.07, 6.45) is 0.107. The van der Waals surface area contributed by atoms with Crippen LogP contribution in [-0.4, -0.2) is 54.8 Å². The van der Waals surface area contributed by atoms with E-state index in [1.165, 1.54) is 13.8 Å². The summed E-state index contributed by atoms with van der Waals surface area (Å²) in [7, 11) is 0. The number of nitrogens with one attached hydrogen (secondary N) is 5. The molecule has 0 saturated heterocycles. The van der Waals surface area contributed by atoms with Crippen molar-refractivity contribution in [1.82, 2.24) is 26.6 Å². The maximum absolute atomic E-state index is 15.7. The second kappa shape index (κ2) is 17.4. The van der Waals surface area contributed by atoms with E-state index in [9.17, 15) is 32.3 Å². The average Bonchev–Trinajstić information content (AvgIpc) is 3.05. The molecule has 3 aromatic carbocycles. The van der Waals surface area contributed by atoms with Gasteiger partial charge in [-0.05, 0) is 44.2 Å². The van der Waals surface area contributed by atoms with Crippen LogP contribution < -0.4 is 26.6 Å². The van der Waals surface area contributed by atoms with Gasteiger partial charge in [-0.25, -0.2) is 17.6 Å². The van der Waals surface area contributed by atoms with Gasteiger partial charge in [0.1, 0.15) is 17.2 Å². The monoisotopic (exact) mass is 671 g/mol. The first-order valence-corrected chi connectivity index (χ1v) is 15.6. The van der Waals surface area contributed by atoms with Gasteiger partial charge in [0.05, 0.1) is 12.1 Å². The van der Waals surface area contributed by atoms with Crippen LogP contribution in [0.2, 0.25) is 0 Å². The molecule has 4 atom stereocenters. The van der Waals surface area contributed by atoms with Gasteiger partial charge in [0.2, 0.25) is 11.8 Å². The van der Waals surface area contributed by atoms with E-state index < -0.39 is 76.3 Å². The highest BCUT2D eigenvalue weighted by Gasteiger charge is 2.34. The molecule has 0 heterocycles. The normalized spacial score (nSPS) is 13.6. The highest BCUT2D eigenvalue weighted by Crippen LogP contribution is 2.25. The van der Waals surface area contributed by atoms with Crippen molar-refractivity contribution in [2.24, 2.45) is 5.92 Å². The topological polar surface area (TPSA) is 128 Å². The first-order valence-electron chi connectivity index (χ1n) is 15.6. The van der Waals surface area contributed by atoms with Crippen molar-refractivity contribution >= 4 is 23.6 Å². The van der Waals surface area contributed by atoms with Crippen LogP contribution in [0.1, 0.15) is 72.5 Å². The Hall–Kier alpha value is -4.78. The molecule has 9 nitrogen and oxygen atoms in total. The minimum atomic E-state index is -2.19. The van der Waals surface area contributed by atoms with Crippen LogP contribution in [0.5, 0.6) is 0 Å². The lowest BCUT2D eigenvalue weighted by Crippen LogP contribution is -2.55. The lowest BCUT2D eigenvalue weighted by atomic mass is 10.0. The summed E-state index contributed by atoms with van der Waals surface area (Å²) < 4.78 is 60.2. The van der Waals surface area contributed by atoms with E-state index in [1.54, 1.807) is 81.4 Å². The molecule has 4 amide bonds. The van der Waals surface area contributed by atoms with Crippen LogP contribution in [0.15, 0.2) is 60.7 Å². The predicted molar refractivity (Wildman–Crippen MR) is 173 cm³/mol. The van der Waals surface area contributed by atoms with Crippen molar-refractivity contribution in [3.8, 4) is 0 Å². The third-order valence-corrected chi connectivity index (χ3v) is 7.69. The maximum atomic E-state index is 15.7. The van der Waals surface area contributed by atoms with Crippen molar-refractivity contribution in [2.45, 2.75) is 65.2 Å². The van der Waals surface area contributed by atoms with Crippen LogP contribution in [0.4, 0.5) is 17.6 Å². The van der Waals surface area contributed by atoms with E-state index in [2.05, 4.69) is 26.6 Å². The number of likely N-dealkylation sites (N-methyl/N-ethyl adjacent to an activating group) is 1. The van der Waals surface area contributed by atoms with Gasteiger partial charge < -0.3 is 26.6 Å². The van der Waals surface area contributed by atoms with Crippen LogP contribution in [0.25, 0.3) is 0 Å². The number of hydrogen-bond acceptors (Lipinski definition) is 5. The minimum Gasteiger partial charge on any atom is -0.355 e. The van der Waals surface area contributed by atoms with E-state index in [0.29, 0.717) is 17.7 Å². The smallest absolute Gasteiger partial charge is 0.257 e. The molecule has 5 N–H and O–H groups in total. The third kappa shape index (κ3) is 9.63. The van der Waals surface area contributed by atoms with E-state index in [0.717, 1.165) is 0 Å². The van der Waals surface area contributed by atoms with Gasteiger partial charge in [0, 0.05) is 19.1 Å². The third-order valence-electron chi connectivity index (χ3n) is 7.69. The molecule has 0 fully saturated rings. The fourth-order valence-electron chi connectivity index (χ4n) is 4.97. The van der Waals surface area contributed by atoms with Gasteiger partial charge in [-0.2, -0.15) is 0 Å². The highest BCUT2D eigenvalue weighted by molar-refractivity contribution is 6.01. The molecule has 0 radical (unpaired) electrons. The van der Waals surface area contributed by atoms with Gasteiger partial charge >= 0.3 is 0 Å². The van der Waals surface area contributed by atoms with Crippen LogP contribution in [0, 0.1) is 29.2 Å². The lowest BCUT2D eigenvalue weighted by Gasteiger charge is -2.25. The molecule has 3 rings (SSSR count). The zero-order chi connectivity index (χ0) is 35.5. The molecule has 48 heavy (non-hydrogen) atoms. The Morgan fingerprint density at radius 3 is 1.75 bits per heavy atom. The van der Waals surface area contributed by atoms with Crippen molar-refractivity contribution < 1.29 is 36.7 Å². The summed E-state index contributed by atoms with van der Waals surface area (Å²) in [5.41, 5.74) is -1.64.